The molecule has 4 bridgehead atoms. The van der Waals surface area contributed by atoms with Gasteiger partial charge in [0.15, 0.2) is 0 Å². The predicted octanol–water partition coefficient (Wildman–Crippen LogP) is 3.59. The Morgan fingerprint density at radius 1 is 1.20 bits per heavy atom. The molecule has 0 atom stereocenters. The monoisotopic (exact) mass is 273 g/mol. The highest BCUT2D eigenvalue weighted by Gasteiger charge is 2.52. The molecule has 20 heavy (non-hydrogen) atoms. The van der Waals surface area contributed by atoms with Crippen LogP contribution in [0.2, 0.25) is 0 Å². The van der Waals surface area contributed by atoms with Crippen molar-refractivity contribution in [3.05, 3.63) is 11.8 Å². The Bertz CT molecular complexity index is 479. The summed E-state index contributed by atoms with van der Waals surface area (Å²) < 4.78 is 2.25. The summed E-state index contributed by atoms with van der Waals surface area (Å²) in [5.74, 6) is 4.38. The summed E-state index contributed by atoms with van der Waals surface area (Å²) in [6, 6.07) is 2.12. The maximum absolute atomic E-state index is 6.34. The smallest absolute Gasteiger partial charge is 0.122 e. The Labute approximate surface area is 121 Å². The van der Waals surface area contributed by atoms with Crippen molar-refractivity contribution in [1.82, 2.24) is 9.78 Å². The number of rotatable bonds is 3. The van der Waals surface area contributed by atoms with Gasteiger partial charge in [0.05, 0.1) is 11.2 Å². The molecule has 2 N–H and O–H groups in total. The van der Waals surface area contributed by atoms with E-state index in [1.165, 1.54) is 44.2 Å². The summed E-state index contributed by atoms with van der Waals surface area (Å²) in [5.41, 5.74) is 7.80. The topological polar surface area (TPSA) is 43.8 Å². The molecule has 0 aromatic carbocycles. The van der Waals surface area contributed by atoms with Crippen molar-refractivity contribution in [1.29, 1.82) is 0 Å². The zero-order valence-corrected chi connectivity index (χ0v) is 12.8. The second kappa shape index (κ2) is 4.25. The van der Waals surface area contributed by atoms with E-state index in [9.17, 15) is 0 Å². The fourth-order valence-electron chi connectivity index (χ4n) is 5.67. The van der Waals surface area contributed by atoms with Gasteiger partial charge in [-0.1, -0.05) is 13.8 Å². The van der Waals surface area contributed by atoms with Crippen LogP contribution in [0.25, 0.3) is 0 Å². The quantitative estimate of drug-likeness (QED) is 0.914. The van der Waals surface area contributed by atoms with Crippen LogP contribution < -0.4 is 5.73 Å². The van der Waals surface area contributed by atoms with Gasteiger partial charge in [-0.05, 0) is 68.6 Å². The third-order valence-electron chi connectivity index (χ3n) is 5.86. The van der Waals surface area contributed by atoms with E-state index >= 15 is 0 Å². The lowest BCUT2D eigenvalue weighted by Crippen LogP contribution is -2.52. The van der Waals surface area contributed by atoms with Crippen molar-refractivity contribution in [3.8, 4) is 0 Å². The number of hydrogen-bond acceptors (Lipinski definition) is 2. The van der Waals surface area contributed by atoms with Crippen molar-refractivity contribution < 1.29 is 0 Å². The van der Waals surface area contributed by atoms with Gasteiger partial charge in [0, 0.05) is 6.07 Å². The molecule has 4 aliphatic carbocycles. The van der Waals surface area contributed by atoms with Crippen molar-refractivity contribution >= 4 is 5.82 Å². The molecule has 110 valence electrons. The lowest BCUT2D eigenvalue weighted by atomic mass is 9.53. The van der Waals surface area contributed by atoms with Gasteiger partial charge in [-0.2, -0.15) is 5.10 Å². The number of nitrogens with zero attached hydrogens (tertiary/aromatic N) is 2. The summed E-state index contributed by atoms with van der Waals surface area (Å²) in [7, 11) is 0. The molecule has 1 aromatic heterocycles. The Balaban J connectivity index is 1.68. The molecule has 3 heteroatoms. The van der Waals surface area contributed by atoms with Crippen molar-refractivity contribution in [3.63, 3.8) is 0 Å². The second-order valence-corrected chi connectivity index (χ2v) is 8.21. The standard InChI is InChI=1S/C17H27N3/c1-11(2)3-15-7-16(18)20(19-15)17-8-12-4-13(9-17)6-14(5-12)10-17/h7,11-14H,3-6,8-10,18H2,1-2H3. The number of hydrogen-bond donors (Lipinski definition) is 1. The first-order valence-corrected chi connectivity index (χ1v) is 8.39. The average Bonchev–Trinajstić information content (AvgIpc) is 2.68. The first kappa shape index (κ1) is 12.7. The summed E-state index contributed by atoms with van der Waals surface area (Å²) in [6.07, 6.45) is 9.44. The van der Waals surface area contributed by atoms with E-state index in [0.717, 1.165) is 30.0 Å². The second-order valence-electron chi connectivity index (χ2n) is 8.21. The zero-order valence-electron chi connectivity index (χ0n) is 12.8. The van der Waals surface area contributed by atoms with E-state index in [0.29, 0.717) is 5.92 Å². The van der Waals surface area contributed by atoms with Gasteiger partial charge in [-0.3, -0.25) is 0 Å². The molecule has 0 unspecified atom stereocenters. The first-order valence-electron chi connectivity index (χ1n) is 8.39. The molecular weight excluding hydrogens is 246 g/mol. The fourth-order valence-corrected chi connectivity index (χ4v) is 5.67. The zero-order chi connectivity index (χ0) is 13.9. The molecule has 5 rings (SSSR count). The van der Waals surface area contributed by atoms with Crippen LogP contribution in [0.15, 0.2) is 6.07 Å². The number of aromatic nitrogens is 2. The molecule has 4 saturated carbocycles. The van der Waals surface area contributed by atoms with Gasteiger partial charge in [-0.25, -0.2) is 4.68 Å². The maximum atomic E-state index is 6.34. The lowest BCUT2D eigenvalue weighted by Gasteiger charge is -2.56. The molecule has 3 nitrogen and oxygen atoms in total. The third-order valence-corrected chi connectivity index (χ3v) is 5.86. The molecule has 1 heterocycles. The Morgan fingerprint density at radius 3 is 2.25 bits per heavy atom. The van der Waals surface area contributed by atoms with Gasteiger partial charge < -0.3 is 5.73 Å². The SMILES string of the molecule is CC(C)Cc1cc(N)n(C23CC4CC(CC(C4)C2)C3)n1. The Hall–Kier alpha value is -0.990. The van der Waals surface area contributed by atoms with E-state index < -0.39 is 0 Å². The highest BCUT2D eigenvalue weighted by atomic mass is 15.4. The number of nitrogens with two attached hydrogens (primary N) is 1. The van der Waals surface area contributed by atoms with Crippen LogP contribution in [-0.2, 0) is 12.0 Å². The van der Waals surface area contributed by atoms with Crippen LogP contribution in [0.1, 0.15) is 58.1 Å². The number of nitrogen functional groups attached to an aromatic ring is 1. The van der Waals surface area contributed by atoms with Gasteiger partial charge in [0.25, 0.3) is 0 Å². The van der Waals surface area contributed by atoms with Crippen LogP contribution >= 0.6 is 0 Å². The minimum atomic E-state index is 0.272. The molecule has 0 aliphatic heterocycles. The van der Waals surface area contributed by atoms with E-state index in [-0.39, 0.29) is 5.54 Å². The Morgan fingerprint density at radius 2 is 1.75 bits per heavy atom. The average molecular weight is 273 g/mol. The van der Waals surface area contributed by atoms with Crippen LogP contribution in [0, 0.1) is 23.7 Å². The Kier molecular flexibility index (Phi) is 2.71. The number of anilines is 1. The van der Waals surface area contributed by atoms with E-state index in [1.807, 2.05) is 0 Å². The highest BCUT2D eigenvalue weighted by molar-refractivity contribution is 5.33. The van der Waals surface area contributed by atoms with Gasteiger partial charge in [0.1, 0.15) is 5.82 Å². The summed E-state index contributed by atoms with van der Waals surface area (Å²) >= 11 is 0. The summed E-state index contributed by atoms with van der Waals surface area (Å²) in [5, 5.41) is 4.93. The lowest BCUT2D eigenvalue weighted by molar-refractivity contribution is -0.0483. The van der Waals surface area contributed by atoms with Crippen molar-refractivity contribution in [2.75, 3.05) is 5.73 Å². The van der Waals surface area contributed by atoms with E-state index in [4.69, 9.17) is 10.8 Å². The molecule has 0 radical (unpaired) electrons. The summed E-state index contributed by atoms with van der Waals surface area (Å²) in [6.45, 7) is 4.50. The van der Waals surface area contributed by atoms with Gasteiger partial charge >= 0.3 is 0 Å². The third kappa shape index (κ3) is 1.89. The van der Waals surface area contributed by atoms with Crippen LogP contribution in [-0.4, -0.2) is 9.78 Å². The van der Waals surface area contributed by atoms with Crippen LogP contribution in [0.5, 0.6) is 0 Å². The highest BCUT2D eigenvalue weighted by Crippen LogP contribution is 2.59. The van der Waals surface area contributed by atoms with Crippen LogP contribution in [0.3, 0.4) is 0 Å². The maximum Gasteiger partial charge on any atom is 0.122 e. The predicted molar refractivity (Wildman–Crippen MR) is 81.3 cm³/mol. The van der Waals surface area contributed by atoms with Gasteiger partial charge in [0.2, 0.25) is 0 Å². The molecule has 0 saturated heterocycles. The molecule has 4 aliphatic rings. The molecular formula is C17H27N3. The minimum absolute atomic E-state index is 0.272. The largest absolute Gasteiger partial charge is 0.384 e. The molecule has 1 aromatic rings. The minimum Gasteiger partial charge on any atom is -0.384 e. The van der Waals surface area contributed by atoms with Crippen molar-refractivity contribution in [2.24, 2.45) is 23.7 Å². The molecule has 4 fully saturated rings. The summed E-state index contributed by atoms with van der Waals surface area (Å²) in [4.78, 5) is 0. The van der Waals surface area contributed by atoms with E-state index in [2.05, 4.69) is 24.6 Å². The van der Waals surface area contributed by atoms with Gasteiger partial charge in [-0.15, -0.1) is 0 Å². The fraction of sp³-hybridized carbons (Fsp3) is 0.824. The van der Waals surface area contributed by atoms with Crippen LogP contribution in [0.4, 0.5) is 5.82 Å². The van der Waals surface area contributed by atoms with Crippen molar-refractivity contribution in [2.45, 2.75) is 64.3 Å². The molecule has 0 amide bonds. The first-order chi connectivity index (χ1) is 9.54. The van der Waals surface area contributed by atoms with E-state index in [1.54, 1.807) is 0 Å². The normalized spacial score (nSPS) is 38.9. The molecule has 0 spiro atoms.